The third-order valence-electron chi connectivity index (χ3n) is 3.84. The minimum Gasteiger partial charge on any atom is -0.354 e. The van der Waals surface area contributed by atoms with Gasteiger partial charge in [0.25, 0.3) is 0 Å². The van der Waals surface area contributed by atoms with Gasteiger partial charge in [0, 0.05) is 31.0 Å². The topological polar surface area (TPSA) is 59.0 Å². The number of carbonyl (C=O) groups is 1. The second-order valence-electron chi connectivity index (χ2n) is 4.95. The molecule has 0 saturated carbocycles. The Morgan fingerprint density at radius 3 is 3.12 bits per heavy atom. The first-order chi connectivity index (χ1) is 8.33. The molecule has 2 aliphatic heterocycles. The molecule has 1 aromatic heterocycles. The van der Waals surface area contributed by atoms with Crippen LogP contribution < -0.4 is 10.6 Å². The molecule has 3 atom stereocenters. The quantitative estimate of drug-likeness (QED) is 0.779. The van der Waals surface area contributed by atoms with E-state index < -0.39 is 0 Å². The number of carbonyl (C=O) groups excluding carboxylic acids is 1. The van der Waals surface area contributed by atoms with Crippen molar-refractivity contribution in [3.8, 4) is 0 Å². The van der Waals surface area contributed by atoms with Gasteiger partial charge < -0.3 is 10.6 Å². The lowest BCUT2D eigenvalue weighted by molar-refractivity contribution is -0.125. The molecular weight excluding hydrogens is 216 g/mol. The number of nitrogens with one attached hydrogen (secondary N) is 2. The molecule has 3 unspecified atom stereocenters. The van der Waals surface area contributed by atoms with Gasteiger partial charge in [0.1, 0.15) is 0 Å². The van der Waals surface area contributed by atoms with Crippen LogP contribution in [0, 0.1) is 5.92 Å². The maximum absolute atomic E-state index is 12.0. The van der Waals surface area contributed by atoms with E-state index in [1.54, 1.807) is 6.20 Å². The average Bonchev–Trinajstić information content (AvgIpc) is 3.05. The van der Waals surface area contributed by atoms with Crippen molar-refractivity contribution in [2.75, 3.05) is 6.54 Å². The molecule has 0 aromatic carbocycles. The van der Waals surface area contributed by atoms with E-state index in [4.69, 9.17) is 0 Å². The van der Waals surface area contributed by atoms with Gasteiger partial charge >= 0.3 is 0 Å². The third-order valence-corrected chi connectivity index (χ3v) is 3.84. The Morgan fingerprint density at radius 2 is 2.47 bits per heavy atom. The van der Waals surface area contributed by atoms with Gasteiger partial charge in [-0.15, -0.1) is 0 Å². The van der Waals surface area contributed by atoms with Gasteiger partial charge in [0.2, 0.25) is 5.91 Å². The van der Waals surface area contributed by atoms with Crippen LogP contribution in [0.15, 0.2) is 18.5 Å². The molecule has 5 nitrogen and oxygen atoms in total. The first-order valence-electron chi connectivity index (χ1n) is 6.34. The molecule has 92 valence electrons. The number of hydrogen-bond acceptors (Lipinski definition) is 3. The molecule has 1 amide bonds. The Bertz CT molecular complexity index is 389. The minimum atomic E-state index is 0.186. The first kappa shape index (κ1) is 10.8. The van der Waals surface area contributed by atoms with Gasteiger partial charge in [-0.3, -0.25) is 9.48 Å². The Labute approximate surface area is 101 Å². The van der Waals surface area contributed by atoms with Crippen LogP contribution in [0.1, 0.15) is 19.3 Å². The van der Waals surface area contributed by atoms with Crippen molar-refractivity contribution in [2.24, 2.45) is 5.92 Å². The molecule has 3 heterocycles. The molecule has 3 rings (SSSR count). The van der Waals surface area contributed by atoms with E-state index in [9.17, 15) is 4.79 Å². The lowest BCUT2D eigenvalue weighted by Crippen LogP contribution is -2.38. The monoisotopic (exact) mass is 234 g/mol. The number of amides is 1. The fourth-order valence-electron chi connectivity index (χ4n) is 2.97. The van der Waals surface area contributed by atoms with Crippen molar-refractivity contribution in [2.45, 2.75) is 37.9 Å². The highest BCUT2D eigenvalue weighted by Crippen LogP contribution is 2.33. The second kappa shape index (κ2) is 4.49. The van der Waals surface area contributed by atoms with Crippen molar-refractivity contribution in [1.82, 2.24) is 20.4 Å². The fraction of sp³-hybridized carbons (Fsp3) is 0.667. The van der Waals surface area contributed by atoms with E-state index >= 15 is 0 Å². The molecule has 17 heavy (non-hydrogen) atoms. The molecular formula is C12H18N4O. The van der Waals surface area contributed by atoms with Gasteiger partial charge in [-0.2, -0.15) is 5.10 Å². The van der Waals surface area contributed by atoms with Gasteiger partial charge in [-0.25, -0.2) is 0 Å². The molecule has 2 N–H and O–H groups in total. The van der Waals surface area contributed by atoms with Crippen molar-refractivity contribution in [3.63, 3.8) is 0 Å². The summed E-state index contributed by atoms with van der Waals surface area (Å²) in [7, 11) is 0. The highest BCUT2D eigenvalue weighted by atomic mass is 16.1. The molecule has 0 aliphatic carbocycles. The summed E-state index contributed by atoms with van der Waals surface area (Å²) in [5.74, 6) is 0.392. The summed E-state index contributed by atoms with van der Waals surface area (Å²) < 4.78 is 1.83. The molecule has 5 heteroatoms. The Morgan fingerprint density at radius 1 is 1.53 bits per heavy atom. The van der Waals surface area contributed by atoms with Crippen LogP contribution in [-0.2, 0) is 11.3 Å². The summed E-state index contributed by atoms with van der Waals surface area (Å²) in [6, 6.07) is 2.90. The second-order valence-corrected chi connectivity index (χ2v) is 4.95. The summed E-state index contributed by atoms with van der Waals surface area (Å²) in [4.78, 5) is 12.0. The zero-order chi connectivity index (χ0) is 11.7. The lowest BCUT2D eigenvalue weighted by atomic mass is 9.88. The van der Waals surface area contributed by atoms with Gasteiger partial charge in [-0.05, 0) is 25.3 Å². The lowest BCUT2D eigenvalue weighted by Gasteiger charge is -2.19. The Kier molecular flexibility index (Phi) is 2.84. The number of fused-ring (bicyclic) bond motifs is 2. The van der Waals surface area contributed by atoms with Crippen LogP contribution in [0.25, 0.3) is 0 Å². The zero-order valence-corrected chi connectivity index (χ0v) is 9.80. The maximum atomic E-state index is 12.0. The van der Waals surface area contributed by atoms with E-state index in [1.807, 2.05) is 16.9 Å². The summed E-state index contributed by atoms with van der Waals surface area (Å²) in [6.07, 6.45) is 7.06. The van der Waals surface area contributed by atoms with E-state index in [0.29, 0.717) is 18.6 Å². The summed E-state index contributed by atoms with van der Waals surface area (Å²) in [6.45, 7) is 1.40. The summed E-state index contributed by atoms with van der Waals surface area (Å²) in [5, 5.41) is 10.6. The van der Waals surface area contributed by atoms with Crippen LogP contribution in [0.4, 0.5) is 0 Å². The van der Waals surface area contributed by atoms with E-state index in [-0.39, 0.29) is 11.8 Å². The number of rotatable bonds is 4. The predicted molar refractivity (Wildman–Crippen MR) is 63.3 cm³/mol. The number of nitrogens with zero attached hydrogens (tertiary/aromatic N) is 2. The fourth-order valence-corrected chi connectivity index (χ4v) is 2.97. The SMILES string of the molecule is O=C(NCCn1cccn1)C1CC2CCC1N2. The average molecular weight is 234 g/mol. The standard InChI is InChI=1S/C12H18N4O/c17-12(10-8-9-2-3-11(10)15-9)13-5-7-16-6-1-4-14-16/h1,4,6,9-11,15H,2-3,5,7-8H2,(H,13,17). The largest absolute Gasteiger partial charge is 0.354 e. The Balaban J connectivity index is 1.45. The van der Waals surface area contributed by atoms with Crippen molar-refractivity contribution in [1.29, 1.82) is 0 Å². The molecule has 0 spiro atoms. The van der Waals surface area contributed by atoms with E-state index in [0.717, 1.165) is 19.4 Å². The molecule has 1 aromatic rings. The first-order valence-corrected chi connectivity index (χ1v) is 6.34. The van der Waals surface area contributed by atoms with Crippen molar-refractivity contribution < 1.29 is 4.79 Å². The molecule has 2 aliphatic rings. The molecule has 0 radical (unpaired) electrons. The van der Waals surface area contributed by atoms with E-state index in [1.165, 1.54) is 6.42 Å². The third kappa shape index (κ3) is 2.20. The normalized spacial score (nSPS) is 30.7. The van der Waals surface area contributed by atoms with Crippen LogP contribution >= 0.6 is 0 Å². The van der Waals surface area contributed by atoms with Gasteiger partial charge in [0.05, 0.1) is 12.5 Å². The van der Waals surface area contributed by atoms with E-state index in [2.05, 4.69) is 15.7 Å². The summed E-state index contributed by atoms with van der Waals surface area (Å²) in [5.41, 5.74) is 0. The minimum absolute atomic E-state index is 0.186. The van der Waals surface area contributed by atoms with Crippen LogP contribution in [0.2, 0.25) is 0 Å². The van der Waals surface area contributed by atoms with Gasteiger partial charge in [-0.1, -0.05) is 0 Å². The smallest absolute Gasteiger partial charge is 0.224 e. The van der Waals surface area contributed by atoms with Crippen LogP contribution in [0.5, 0.6) is 0 Å². The highest BCUT2D eigenvalue weighted by molar-refractivity contribution is 5.80. The van der Waals surface area contributed by atoms with Crippen molar-refractivity contribution in [3.05, 3.63) is 18.5 Å². The molecule has 2 bridgehead atoms. The number of aromatic nitrogens is 2. The molecule has 2 saturated heterocycles. The Hall–Kier alpha value is -1.36. The maximum Gasteiger partial charge on any atom is 0.224 e. The number of hydrogen-bond donors (Lipinski definition) is 2. The van der Waals surface area contributed by atoms with Crippen LogP contribution in [-0.4, -0.2) is 34.3 Å². The predicted octanol–water partition coefficient (Wildman–Crippen LogP) is 0.140. The highest BCUT2D eigenvalue weighted by Gasteiger charge is 2.42. The van der Waals surface area contributed by atoms with Gasteiger partial charge in [0.15, 0.2) is 0 Å². The summed E-state index contributed by atoms with van der Waals surface area (Å²) >= 11 is 0. The van der Waals surface area contributed by atoms with Crippen molar-refractivity contribution >= 4 is 5.91 Å². The van der Waals surface area contributed by atoms with Crippen LogP contribution in [0.3, 0.4) is 0 Å². The molecule has 2 fully saturated rings. The zero-order valence-electron chi connectivity index (χ0n) is 9.80.